The maximum atomic E-state index is 14.2. The van der Waals surface area contributed by atoms with Crippen molar-refractivity contribution < 1.29 is 26.0 Å². The van der Waals surface area contributed by atoms with Crippen LogP contribution in [0.15, 0.2) is 41.4 Å². The molecule has 4 nitrogen and oxygen atoms in total. The molecule has 1 N–H and O–H groups in total. The van der Waals surface area contributed by atoms with Crippen LogP contribution in [0.3, 0.4) is 0 Å². The molecule has 0 amide bonds. The van der Waals surface area contributed by atoms with Gasteiger partial charge in [0.25, 0.3) is 9.84 Å². The highest BCUT2D eigenvalue weighted by molar-refractivity contribution is 7.92. The van der Waals surface area contributed by atoms with Crippen molar-refractivity contribution >= 4 is 22.2 Å². The van der Waals surface area contributed by atoms with Gasteiger partial charge in [0.05, 0.1) is 4.90 Å². The zero-order valence-electron chi connectivity index (χ0n) is 14.4. The van der Waals surface area contributed by atoms with Gasteiger partial charge in [-0.15, -0.1) is 12.4 Å². The van der Waals surface area contributed by atoms with Crippen LogP contribution in [0.1, 0.15) is 30.7 Å². The van der Waals surface area contributed by atoms with Crippen LogP contribution in [0.2, 0.25) is 0 Å². The highest BCUT2D eigenvalue weighted by Gasteiger charge is 2.46. The van der Waals surface area contributed by atoms with Crippen molar-refractivity contribution in [2.75, 3.05) is 0 Å². The average Bonchev–Trinajstić information content (AvgIpc) is 3.25. The van der Waals surface area contributed by atoms with Gasteiger partial charge in [-0.1, -0.05) is 12.1 Å². The first-order valence-electron chi connectivity index (χ1n) is 8.50. The summed E-state index contributed by atoms with van der Waals surface area (Å²) in [6.45, 7) is 0. The molecule has 4 rings (SSSR count). The second-order valence-electron chi connectivity index (χ2n) is 6.97. The number of hydrogen-bond acceptors (Lipinski definition) is 4. The molecule has 152 valence electrons. The fraction of sp³-hybridized carbons (Fsp3) is 0.389. The number of alkyl halides is 3. The minimum Gasteiger partial charge on any atom is -0.311 e. The topological polar surface area (TPSA) is 59.1 Å². The van der Waals surface area contributed by atoms with E-state index in [2.05, 4.69) is 10.3 Å². The third-order valence-electron chi connectivity index (χ3n) is 5.37. The Bertz CT molecular complexity index is 980. The van der Waals surface area contributed by atoms with Crippen molar-refractivity contribution in [1.82, 2.24) is 10.3 Å². The van der Waals surface area contributed by atoms with Crippen LogP contribution in [0.25, 0.3) is 11.1 Å². The first-order chi connectivity index (χ1) is 12.7. The molecule has 0 spiro atoms. The molecule has 10 heteroatoms. The first kappa shape index (κ1) is 21.0. The van der Waals surface area contributed by atoms with E-state index in [-0.39, 0.29) is 29.5 Å². The smallest absolute Gasteiger partial charge is 0.311 e. The molecular weight excluding hydrogens is 420 g/mol. The molecule has 2 aliphatic heterocycles. The molecule has 1 aromatic heterocycles. The molecule has 2 aliphatic rings. The quantitative estimate of drug-likeness (QED) is 0.578. The molecule has 0 aliphatic carbocycles. The van der Waals surface area contributed by atoms with Crippen LogP contribution in [-0.4, -0.2) is 31.0 Å². The van der Waals surface area contributed by atoms with E-state index < -0.39 is 26.2 Å². The molecule has 0 radical (unpaired) electrons. The number of sulfone groups is 1. The van der Waals surface area contributed by atoms with Gasteiger partial charge in [0.1, 0.15) is 0 Å². The Kier molecular flexibility index (Phi) is 5.46. The number of aromatic nitrogens is 1. The number of pyridine rings is 1. The molecule has 3 atom stereocenters. The summed E-state index contributed by atoms with van der Waals surface area (Å²) in [5.74, 6) is -0.526. The van der Waals surface area contributed by atoms with Gasteiger partial charge >= 0.3 is 5.51 Å². The van der Waals surface area contributed by atoms with E-state index in [0.29, 0.717) is 12.1 Å². The molecule has 3 heterocycles. The Morgan fingerprint density at radius 3 is 2.32 bits per heavy atom. The number of nitrogens with one attached hydrogen (secondary N) is 1. The summed E-state index contributed by atoms with van der Waals surface area (Å²) in [7, 11) is -5.43. The average molecular weight is 437 g/mol. The van der Waals surface area contributed by atoms with E-state index in [4.69, 9.17) is 0 Å². The number of rotatable bonds is 3. The van der Waals surface area contributed by atoms with Gasteiger partial charge in [-0.05, 0) is 48.6 Å². The van der Waals surface area contributed by atoms with Gasteiger partial charge in [0.2, 0.25) is 5.95 Å². The Morgan fingerprint density at radius 1 is 1.11 bits per heavy atom. The standard InChI is InChI=1S/C18H16F4N2O2S.ClH/c19-17-15(7-11(9-23-17)14-8-12-3-6-16(14)24-12)10-1-4-13(5-2-10)27(25,26)18(20,21)22;/h1-2,4-5,7,9,12,14,16,24H,3,6,8H2;1H. The first-order valence-corrected chi connectivity index (χ1v) is 9.98. The fourth-order valence-electron chi connectivity index (χ4n) is 4.01. The van der Waals surface area contributed by atoms with Crippen molar-refractivity contribution in [1.29, 1.82) is 0 Å². The molecular formula is C18H17ClF4N2O2S. The highest BCUT2D eigenvalue weighted by atomic mass is 35.5. The van der Waals surface area contributed by atoms with Gasteiger partial charge in [0, 0.05) is 29.8 Å². The maximum Gasteiger partial charge on any atom is 0.501 e. The summed E-state index contributed by atoms with van der Waals surface area (Å²) >= 11 is 0. The van der Waals surface area contributed by atoms with Gasteiger partial charge in [-0.2, -0.15) is 17.6 Å². The Hall–Kier alpha value is -1.71. The number of benzene rings is 1. The lowest BCUT2D eigenvalue weighted by Gasteiger charge is -2.21. The number of halogens is 5. The van der Waals surface area contributed by atoms with Gasteiger partial charge in [-0.3, -0.25) is 0 Å². The maximum absolute atomic E-state index is 14.2. The van der Waals surface area contributed by atoms with E-state index in [0.717, 1.165) is 37.0 Å². The van der Waals surface area contributed by atoms with Crippen molar-refractivity contribution in [3.63, 3.8) is 0 Å². The second-order valence-corrected chi connectivity index (χ2v) is 8.91. The zero-order valence-corrected chi connectivity index (χ0v) is 16.0. The molecule has 0 saturated carbocycles. The summed E-state index contributed by atoms with van der Waals surface area (Å²) in [6.07, 6.45) is 4.61. The zero-order chi connectivity index (χ0) is 19.4. The van der Waals surface area contributed by atoms with Crippen molar-refractivity contribution in [2.45, 2.75) is 47.7 Å². The molecule has 1 aromatic carbocycles. The monoisotopic (exact) mass is 436 g/mol. The lowest BCUT2D eigenvalue weighted by molar-refractivity contribution is -0.0436. The van der Waals surface area contributed by atoms with Crippen LogP contribution in [0, 0.1) is 5.95 Å². The summed E-state index contributed by atoms with van der Waals surface area (Å²) in [6, 6.07) is 6.45. The van der Waals surface area contributed by atoms with Crippen LogP contribution in [0.4, 0.5) is 17.6 Å². The van der Waals surface area contributed by atoms with Crippen LogP contribution in [-0.2, 0) is 9.84 Å². The van der Waals surface area contributed by atoms with Crippen molar-refractivity contribution in [2.24, 2.45) is 0 Å². The largest absolute Gasteiger partial charge is 0.501 e. The van der Waals surface area contributed by atoms with Crippen LogP contribution >= 0.6 is 12.4 Å². The molecule has 28 heavy (non-hydrogen) atoms. The van der Waals surface area contributed by atoms with E-state index >= 15 is 0 Å². The number of fused-ring (bicyclic) bond motifs is 2. The van der Waals surface area contributed by atoms with Gasteiger partial charge < -0.3 is 5.32 Å². The Balaban J connectivity index is 0.00000225. The normalized spacial score (nSPS) is 24.2. The summed E-state index contributed by atoms with van der Waals surface area (Å²) in [5.41, 5.74) is -4.08. The fourth-order valence-corrected chi connectivity index (χ4v) is 4.77. The number of hydrogen-bond donors (Lipinski definition) is 1. The number of nitrogens with zero attached hydrogens (tertiary/aromatic N) is 1. The van der Waals surface area contributed by atoms with Crippen molar-refractivity contribution in [3.05, 3.63) is 48.0 Å². The van der Waals surface area contributed by atoms with E-state index in [1.807, 2.05) is 0 Å². The van der Waals surface area contributed by atoms with Crippen LogP contribution < -0.4 is 5.32 Å². The lowest BCUT2D eigenvalue weighted by Crippen LogP contribution is -2.23. The molecule has 2 saturated heterocycles. The van der Waals surface area contributed by atoms with Crippen molar-refractivity contribution in [3.8, 4) is 11.1 Å². The lowest BCUT2D eigenvalue weighted by atomic mass is 9.84. The Morgan fingerprint density at radius 2 is 1.79 bits per heavy atom. The Labute approximate surface area is 165 Å². The summed E-state index contributed by atoms with van der Waals surface area (Å²) < 4.78 is 75.1. The molecule has 3 unspecified atom stereocenters. The molecule has 2 fully saturated rings. The predicted octanol–water partition coefficient (Wildman–Crippen LogP) is 4.21. The molecule has 2 aromatic rings. The van der Waals surface area contributed by atoms with E-state index in [1.54, 1.807) is 6.07 Å². The highest BCUT2D eigenvalue weighted by Crippen LogP contribution is 2.41. The summed E-state index contributed by atoms with van der Waals surface area (Å²) in [5, 5.41) is 3.49. The third-order valence-corrected chi connectivity index (χ3v) is 6.87. The van der Waals surface area contributed by atoms with Crippen LogP contribution in [0.5, 0.6) is 0 Å². The van der Waals surface area contributed by atoms with Gasteiger partial charge in [0.15, 0.2) is 0 Å². The molecule has 2 bridgehead atoms. The summed E-state index contributed by atoms with van der Waals surface area (Å²) in [4.78, 5) is 2.93. The minimum absolute atomic E-state index is 0. The SMILES string of the molecule is Cl.O=S(=O)(c1ccc(-c2cc(C3CC4CCC3N4)cnc2F)cc1)C(F)(F)F. The second kappa shape index (κ2) is 7.27. The third kappa shape index (κ3) is 3.51. The predicted molar refractivity (Wildman–Crippen MR) is 97.4 cm³/mol. The van der Waals surface area contributed by atoms with Gasteiger partial charge in [-0.25, -0.2) is 13.4 Å². The van der Waals surface area contributed by atoms with E-state index in [9.17, 15) is 26.0 Å². The minimum atomic E-state index is -5.43. The van der Waals surface area contributed by atoms with E-state index in [1.165, 1.54) is 18.3 Å².